The highest BCUT2D eigenvalue weighted by atomic mass is 19.4. The Morgan fingerprint density at radius 2 is 2.00 bits per heavy atom. The van der Waals surface area contributed by atoms with Gasteiger partial charge in [0.1, 0.15) is 5.52 Å². The van der Waals surface area contributed by atoms with E-state index < -0.39 is 24.1 Å². The molecule has 1 aliphatic carbocycles. The number of aliphatic hydroxyl groups excluding tert-OH is 1. The number of aromatic amines is 1. The molecular formula is C15H12F3N5O. The van der Waals surface area contributed by atoms with E-state index in [1.54, 1.807) is 0 Å². The topological polar surface area (TPSA) is 86.7 Å². The van der Waals surface area contributed by atoms with Gasteiger partial charge in [-0.3, -0.25) is 0 Å². The SMILES string of the molecule is O[C@@H]1Cc2ccccc2[C@@H]1Nc1nc(C(F)(F)F)nc2nc[nH]c12. The lowest BCUT2D eigenvalue weighted by atomic mass is 10.1. The van der Waals surface area contributed by atoms with Crippen molar-refractivity contribution in [3.8, 4) is 0 Å². The number of aliphatic hydroxyl groups is 1. The predicted octanol–water partition coefficient (Wildman–Crippen LogP) is 2.44. The summed E-state index contributed by atoms with van der Waals surface area (Å²) in [4.78, 5) is 13.5. The maximum Gasteiger partial charge on any atom is 0.451 e. The van der Waals surface area contributed by atoms with Crippen molar-refractivity contribution in [3.05, 3.63) is 47.5 Å². The number of H-pyrrole nitrogens is 1. The molecule has 3 aromatic rings. The van der Waals surface area contributed by atoms with E-state index in [1.165, 1.54) is 6.33 Å². The van der Waals surface area contributed by atoms with Gasteiger partial charge in [0.2, 0.25) is 5.82 Å². The van der Waals surface area contributed by atoms with Crippen molar-refractivity contribution in [2.45, 2.75) is 24.7 Å². The van der Waals surface area contributed by atoms with Crippen LogP contribution in [0, 0.1) is 0 Å². The minimum Gasteiger partial charge on any atom is -0.390 e. The van der Waals surface area contributed by atoms with E-state index in [0.717, 1.165) is 11.1 Å². The van der Waals surface area contributed by atoms with Gasteiger partial charge in [-0.25, -0.2) is 15.0 Å². The number of anilines is 1. The van der Waals surface area contributed by atoms with Crippen molar-refractivity contribution < 1.29 is 18.3 Å². The second-order valence-electron chi connectivity index (χ2n) is 5.59. The van der Waals surface area contributed by atoms with E-state index in [0.29, 0.717) is 6.42 Å². The maximum absolute atomic E-state index is 13.0. The van der Waals surface area contributed by atoms with E-state index in [1.807, 2.05) is 24.3 Å². The predicted molar refractivity (Wildman–Crippen MR) is 79.2 cm³/mol. The first-order valence-electron chi connectivity index (χ1n) is 7.24. The van der Waals surface area contributed by atoms with Crippen molar-refractivity contribution in [1.29, 1.82) is 0 Å². The molecule has 0 radical (unpaired) electrons. The highest BCUT2D eigenvalue weighted by Crippen LogP contribution is 2.36. The molecule has 1 aromatic carbocycles. The van der Waals surface area contributed by atoms with E-state index in [9.17, 15) is 18.3 Å². The van der Waals surface area contributed by atoms with Crippen molar-refractivity contribution in [2.75, 3.05) is 5.32 Å². The zero-order chi connectivity index (χ0) is 16.9. The van der Waals surface area contributed by atoms with Gasteiger partial charge in [-0.1, -0.05) is 24.3 Å². The Morgan fingerprint density at radius 1 is 1.21 bits per heavy atom. The number of imidazole rings is 1. The lowest BCUT2D eigenvalue weighted by molar-refractivity contribution is -0.144. The zero-order valence-corrected chi connectivity index (χ0v) is 12.2. The van der Waals surface area contributed by atoms with Crippen LogP contribution in [0.3, 0.4) is 0 Å². The molecule has 0 bridgehead atoms. The molecule has 0 unspecified atom stereocenters. The molecule has 2 heterocycles. The van der Waals surface area contributed by atoms with E-state index >= 15 is 0 Å². The van der Waals surface area contributed by atoms with Gasteiger partial charge in [-0.05, 0) is 11.1 Å². The van der Waals surface area contributed by atoms with Crippen LogP contribution in [0.25, 0.3) is 11.2 Å². The fourth-order valence-electron chi connectivity index (χ4n) is 2.96. The number of benzene rings is 1. The summed E-state index contributed by atoms with van der Waals surface area (Å²) < 4.78 is 39.0. The van der Waals surface area contributed by atoms with Crippen molar-refractivity contribution in [1.82, 2.24) is 19.9 Å². The molecule has 124 valence electrons. The number of aromatic nitrogens is 4. The Kier molecular flexibility index (Phi) is 3.20. The van der Waals surface area contributed by atoms with Crippen LogP contribution in [0.5, 0.6) is 0 Å². The van der Waals surface area contributed by atoms with Crippen molar-refractivity contribution >= 4 is 17.0 Å². The standard InChI is InChI=1S/C15H12F3N5O/c16-15(17,18)14-22-12-11(19-6-20-12)13(23-14)21-10-8-4-2-1-3-7(8)5-9(10)24/h1-4,6,9-10,24H,5H2,(H2,19,20,21,22,23)/t9-,10+/m1/s1. The second kappa shape index (κ2) is 5.17. The van der Waals surface area contributed by atoms with Gasteiger partial charge in [0.15, 0.2) is 11.5 Å². The number of hydrogen-bond acceptors (Lipinski definition) is 5. The molecule has 2 aromatic heterocycles. The van der Waals surface area contributed by atoms with Gasteiger partial charge < -0.3 is 15.4 Å². The smallest absolute Gasteiger partial charge is 0.390 e. The summed E-state index contributed by atoms with van der Waals surface area (Å²) in [6.07, 6.45) is -3.76. The maximum atomic E-state index is 13.0. The van der Waals surface area contributed by atoms with Crippen LogP contribution in [0.1, 0.15) is 23.0 Å². The summed E-state index contributed by atoms with van der Waals surface area (Å²) in [5.41, 5.74) is 1.97. The van der Waals surface area contributed by atoms with E-state index in [4.69, 9.17) is 0 Å². The quantitative estimate of drug-likeness (QED) is 0.670. The molecule has 0 amide bonds. The molecular weight excluding hydrogens is 323 g/mol. The van der Waals surface area contributed by atoms with Crippen LogP contribution in [-0.2, 0) is 12.6 Å². The molecule has 2 atom stereocenters. The number of halogens is 3. The third kappa shape index (κ3) is 2.37. The van der Waals surface area contributed by atoms with Gasteiger partial charge in [0.25, 0.3) is 0 Å². The van der Waals surface area contributed by atoms with Crippen molar-refractivity contribution in [3.63, 3.8) is 0 Å². The number of hydrogen-bond donors (Lipinski definition) is 3. The van der Waals surface area contributed by atoms with Crippen LogP contribution in [-0.4, -0.2) is 31.1 Å². The summed E-state index contributed by atoms with van der Waals surface area (Å²) in [7, 11) is 0. The summed E-state index contributed by atoms with van der Waals surface area (Å²) in [5.74, 6) is -1.31. The molecule has 4 rings (SSSR count). The first-order chi connectivity index (χ1) is 11.4. The van der Waals surface area contributed by atoms with Crippen LogP contribution >= 0.6 is 0 Å². The molecule has 0 aliphatic heterocycles. The normalized spacial score (nSPS) is 20.3. The first-order valence-corrected chi connectivity index (χ1v) is 7.24. The minimum absolute atomic E-state index is 0.0365. The minimum atomic E-state index is -4.68. The Hall–Kier alpha value is -2.68. The number of alkyl halides is 3. The summed E-state index contributed by atoms with van der Waals surface area (Å²) in [5, 5.41) is 13.2. The van der Waals surface area contributed by atoms with Crippen LogP contribution in [0.4, 0.5) is 19.0 Å². The molecule has 1 aliphatic rings. The van der Waals surface area contributed by atoms with Gasteiger partial charge >= 0.3 is 6.18 Å². The van der Waals surface area contributed by atoms with Gasteiger partial charge in [-0.15, -0.1) is 0 Å². The zero-order valence-electron chi connectivity index (χ0n) is 12.2. The van der Waals surface area contributed by atoms with Crippen molar-refractivity contribution in [2.24, 2.45) is 0 Å². The Labute approximate surface area is 133 Å². The summed E-state index contributed by atoms with van der Waals surface area (Å²) in [6.45, 7) is 0. The average Bonchev–Trinajstić information content (AvgIpc) is 3.11. The average molecular weight is 335 g/mol. The van der Waals surface area contributed by atoms with Crippen LogP contribution in [0.15, 0.2) is 30.6 Å². The number of fused-ring (bicyclic) bond motifs is 2. The fourth-order valence-corrected chi connectivity index (χ4v) is 2.96. The molecule has 0 saturated heterocycles. The molecule has 0 saturated carbocycles. The lowest BCUT2D eigenvalue weighted by Crippen LogP contribution is -2.23. The molecule has 0 fully saturated rings. The molecule has 3 N–H and O–H groups in total. The fraction of sp³-hybridized carbons (Fsp3) is 0.267. The number of rotatable bonds is 2. The molecule has 6 nitrogen and oxygen atoms in total. The van der Waals surface area contributed by atoms with Crippen LogP contribution < -0.4 is 5.32 Å². The number of nitrogens with one attached hydrogen (secondary N) is 2. The molecule has 24 heavy (non-hydrogen) atoms. The summed E-state index contributed by atoms with van der Waals surface area (Å²) in [6, 6.07) is 6.84. The number of nitrogens with zero attached hydrogens (tertiary/aromatic N) is 3. The molecule has 0 spiro atoms. The van der Waals surface area contributed by atoms with Gasteiger partial charge in [0, 0.05) is 6.42 Å². The largest absolute Gasteiger partial charge is 0.451 e. The Balaban J connectivity index is 1.78. The van der Waals surface area contributed by atoms with E-state index in [2.05, 4.69) is 25.3 Å². The van der Waals surface area contributed by atoms with Crippen LogP contribution in [0.2, 0.25) is 0 Å². The monoisotopic (exact) mass is 335 g/mol. The Morgan fingerprint density at radius 3 is 2.79 bits per heavy atom. The third-order valence-corrected chi connectivity index (χ3v) is 4.04. The highest BCUT2D eigenvalue weighted by Gasteiger charge is 2.37. The third-order valence-electron chi connectivity index (χ3n) is 4.04. The van der Waals surface area contributed by atoms with E-state index in [-0.39, 0.29) is 17.0 Å². The Bertz CT molecular complexity index is 908. The summed E-state index contributed by atoms with van der Waals surface area (Å²) >= 11 is 0. The van der Waals surface area contributed by atoms with Gasteiger partial charge in [0.05, 0.1) is 18.5 Å². The second-order valence-corrected chi connectivity index (χ2v) is 5.59. The van der Waals surface area contributed by atoms with Gasteiger partial charge in [-0.2, -0.15) is 13.2 Å². The first kappa shape index (κ1) is 14.9. The molecule has 9 heteroatoms. The highest BCUT2D eigenvalue weighted by molar-refractivity contribution is 5.82. The lowest BCUT2D eigenvalue weighted by Gasteiger charge is -2.19.